The predicted octanol–water partition coefficient (Wildman–Crippen LogP) is 2.28. The Morgan fingerprint density at radius 1 is 1.14 bits per heavy atom. The van der Waals surface area contributed by atoms with Gasteiger partial charge in [0.1, 0.15) is 0 Å². The maximum Gasteiger partial charge on any atom is 0.471 e. The molecule has 0 N–H and O–H groups in total. The minimum atomic E-state index is -4.76. The Bertz CT molecular complexity index is 517. The fourth-order valence-corrected chi connectivity index (χ4v) is 3.44. The number of benzene rings is 1. The van der Waals surface area contributed by atoms with Crippen molar-refractivity contribution < 1.29 is 18.0 Å². The molecule has 3 nitrogen and oxygen atoms in total. The van der Waals surface area contributed by atoms with Gasteiger partial charge in [0.25, 0.3) is 0 Å². The van der Waals surface area contributed by atoms with E-state index in [1.807, 2.05) is 30.3 Å². The van der Waals surface area contributed by atoms with Gasteiger partial charge in [-0.1, -0.05) is 30.3 Å². The molecule has 114 valence electrons. The summed E-state index contributed by atoms with van der Waals surface area (Å²) in [6, 6.07) is 9.56. The van der Waals surface area contributed by atoms with E-state index >= 15 is 0 Å². The Balaban J connectivity index is 1.66. The Labute approximate surface area is 121 Å². The second kappa shape index (κ2) is 5.33. The normalized spacial score (nSPS) is 26.1. The monoisotopic (exact) mass is 298 g/mol. The number of carbonyl (C=O) groups is 1. The van der Waals surface area contributed by atoms with E-state index in [1.54, 1.807) is 0 Å². The first-order valence-corrected chi connectivity index (χ1v) is 7.07. The van der Waals surface area contributed by atoms with E-state index in [-0.39, 0.29) is 18.5 Å². The lowest BCUT2D eigenvalue weighted by Gasteiger charge is -2.32. The lowest BCUT2D eigenvalue weighted by molar-refractivity contribution is -0.186. The summed E-state index contributed by atoms with van der Waals surface area (Å²) >= 11 is 0. The maximum atomic E-state index is 12.6. The molecule has 3 rings (SSSR count). The van der Waals surface area contributed by atoms with E-state index in [9.17, 15) is 18.0 Å². The molecule has 2 aliphatic heterocycles. The summed E-state index contributed by atoms with van der Waals surface area (Å²) in [6.07, 6.45) is -4.07. The van der Waals surface area contributed by atoms with Crippen molar-refractivity contribution in [2.75, 3.05) is 19.6 Å². The first-order chi connectivity index (χ1) is 9.93. The van der Waals surface area contributed by atoms with Gasteiger partial charge < -0.3 is 4.90 Å². The Morgan fingerprint density at radius 2 is 1.86 bits per heavy atom. The Morgan fingerprint density at radius 3 is 2.52 bits per heavy atom. The predicted molar refractivity (Wildman–Crippen MR) is 71.4 cm³/mol. The third-order valence-corrected chi connectivity index (χ3v) is 4.24. The molecule has 0 aliphatic carbocycles. The van der Waals surface area contributed by atoms with E-state index in [0.717, 1.165) is 23.6 Å². The molecular formula is C15H17F3N2O. The SMILES string of the molecule is O=C(N1CC2CC1CN(Cc1ccccc1)C2)C(F)(F)F. The number of hydrogen-bond donors (Lipinski definition) is 0. The van der Waals surface area contributed by atoms with Crippen LogP contribution in [-0.4, -0.2) is 47.6 Å². The average molecular weight is 298 g/mol. The summed E-state index contributed by atoms with van der Waals surface area (Å²) in [7, 11) is 0. The molecule has 2 bridgehead atoms. The van der Waals surface area contributed by atoms with Gasteiger partial charge in [-0.05, 0) is 17.9 Å². The molecule has 2 heterocycles. The van der Waals surface area contributed by atoms with Crippen LogP contribution in [0, 0.1) is 5.92 Å². The molecule has 2 aliphatic rings. The van der Waals surface area contributed by atoms with Gasteiger partial charge in [0.05, 0.1) is 0 Å². The van der Waals surface area contributed by atoms with Crippen molar-refractivity contribution in [1.82, 2.24) is 9.80 Å². The molecule has 2 fully saturated rings. The number of rotatable bonds is 2. The van der Waals surface area contributed by atoms with Crippen LogP contribution in [0.3, 0.4) is 0 Å². The summed E-state index contributed by atoms with van der Waals surface area (Å²) < 4.78 is 37.8. The van der Waals surface area contributed by atoms with Crippen LogP contribution in [0.25, 0.3) is 0 Å². The number of hydrogen-bond acceptors (Lipinski definition) is 2. The number of piperidine rings is 1. The lowest BCUT2D eigenvalue weighted by Crippen LogP contribution is -2.47. The largest absolute Gasteiger partial charge is 0.471 e. The summed E-state index contributed by atoms with van der Waals surface area (Å²) in [4.78, 5) is 14.6. The smallest absolute Gasteiger partial charge is 0.330 e. The van der Waals surface area contributed by atoms with Gasteiger partial charge in [-0.3, -0.25) is 9.69 Å². The van der Waals surface area contributed by atoms with Gasteiger partial charge in [0.15, 0.2) is 0 Å². The highest BCUT2D eigenvalue weighted by Gasteiger charge is 2.49. The number of amides is 1. The van der Waals surface area contributed by atoms with Crippen LogP contribution in [0.1, 0.15) is 12.0 Å². The molecule has 6 heteroatoms. The minimum Gasteiger partial charge on any atom is -0.330 e. The zero-order chi connectivity index (χ0) is 15.0. The van der Waals surface area contributed by atoms with Crippen LogP contribution in [-0.2, 0) is 11.3 Å². The molecule has 1 amide bonds. The maximum absolute atomic E-state index is 12.6. The van der Waals surface area contributed by atoms with Crippen LogP contribution in [0.15, 0.2) is 30.3 Å². The zero-order valence-corrected chi connectivity index (χ0v) is 11.5. The second-order valence-electron chi connectivity index (χ2n) is 5.89. The van der Waals surface area contributed by atoms with Crippen molar-refractivity contribution in [2.45, 2.75) is 25.2 Å². The average Bonchev–Trinajstić information content (AvgIpc) is 2.73. The Kier molecular flexibility index (Phi) is 3.65. The third kappa shape index (κ3) is 3.05. The topological polar surface area (TPSA) is 23.6 Å². The summed E-state index contributed by atoms with van der Waals surface area (Å²) in [5.41, 5.74) is 1.15. The van der Waals surface area contributed by atoms with Crippen LogP contribution in [0.4, 0.5) is 13.2 Å². The van der Waals surface area contributed by atoms with Gasteiger partial charge in [0, 0.05) is 32.2 Å². The summed E-state index contributed by atoms with van der Waals surface area (Å²) in [5, 5.41) is 0. The highest BCUT2D eigenvalue weighted by molar-refractivity contribution is 5.82. The minimum absolute atomic E-state index is 0.152. The first kappa shape index (κ1) is 14.4. The van der Waals surface area contributed by atoms with Crippen molar-refractivity contribution in [1.29, 1.82) is 0 Å². The third-order valence-electron chi connectivity index (χ3n) is 4.24. The molecule has 0 aromatic heterocycles. The van der Waals surface area contributed by atoms with Gasteiger partial charge in [-0.2, -0.15) is 13.2 Å². The van der Waals surface area contributed by atoms with Crippen molar-refractivity contribution in [3.8, 4) is 0 Å². The van der Waals surface area contributed by atoms with E-state index in [0.29, 0.717) is 13.0 Å². The van der Waals surface area contributed by atoms with Gasteiger partial charge >= 0.3 is 12.1 Å². The van der Waals surface area contributed by atoms with Crippen molar-refractivity contribution in [3.63, 3.8) is 0 Å². The van der Waals surface area contributed by atoms with Crippen LogP contribution in [0.2, 0.25) is 0 Å². The standard InChI is InChI=1S/C15H17F3N2O/c16-15(17,18)14(21)20-9-12-6-13(20)10-19(8-12)7-11-4-2-1-3-5-11/h1-5,12-13H,6-10H2. The molecule has 1 aromatic rings. The van der Waals surface area contributed by atoms with Gasteiger partial charge in [-0.25, -0.2) is 0 Å². The highest BCUT2D eigenvalue weighted by atomic mass is 19.4. The van der Waals surface area contributed by atoms with Crippen LogP contribution < -0.4 is 0 Å². The molecule has 2 saturated heterocycles. The van der Waals surface area contributed by atoms with Crippen molar-refractivity contribution in [3.05, 3.63) is 35.9 Å². The molecule has 2 atom stereocenters. The molecule has 2 unspecified atom stereocenters. The van der Waals surface area contributed by atoms with Crippen LogP contribution >= 0.6 is 0 Å². The van der Waals surface area contributed by atoms with Crippen molar-refractivity contribution >= 4 is 5.91 Å². The summed E-state index contributed by atoms with van der Waals surface area (Å²) in [6.45, 7) is 2.23. The molecular weight excluding hydrogens is 281 g/mol. The second-order valence-corrected chi connectivity index (χ2v) is 5.89. The number of nitrogens with zero attached hydrogens (tertiary/aromatic N) is 2. The lowest BCUT2D eigenvalue weighted by atomic mass is 9.99. The zero-order valence-electron chi connectivity index (χ0n) is 11.5. The van der Waals surface area contributed by atoms with Crippen LogP contribution in [0.5, 0.6) is 0 Å². The van der Waals surface area contributed by atoms with E-state index < -0.39 is 12.1 Å². The highest BCUT2D eigenvalue weighted by Crippen LogP contribution is 2.33. The molecule has 1 aromatic carbocycles. The van der Waals surface area contributed by atoms with Crippen molar-refractivity contribution in [2.24, 2.45) is 5.92 Å². The quantitative estimate of drug-likeness (QED) is 0.836. The number of alkyl halides is 3. The molecule has 0 radical (unpaired) electrons. The van der Waals surface area contributed by atoms with E-state index in [2.05, 4.69) is 4.90 Å². The fraction of sp³-hybridized carbons (Fsp3) is 0.533. The fourth-order valence-electron chi connectivity index (χ4n) is 3.44. The van der Waals surface area contributed by atoms with E-state index in [1.165, 1.54) is 0 Å². The van der Waals surface area contributed by atoms with Gasteiger partial charge in [0.2, 0.25) is 0 Å². The molecule has 21 heavy (non-hydrogen) atoms. The van der Waals surface area contributed by atoms with E-state index in [4.69, 9.17) is 0 Å². The number of halogens is 3. The Hall–Kier alpha value is -1.56. The molecule has 0 spiro atoms. The first-order valence-electron chi connectivity index (χ1n) is 7.07. The number of likely N-dealkylation sites (tertiary alicyclic amines) is 2. The molecule has 0 saturated carbocycles. The summed E-state index contributed by atoms with van der Waals surface area (Å²) in [5.74, 6) is -1.53. The number of carbonyl (C=O) groups excluding carboxylic acids is 1. The van der Waals surface area contributed by atoms with Gasteiger partial charge in [-0.15, -0.1) is 0 Å². The number of fused-ring (bicyclic) bond motifs is 2.